The zero-order valence-corrected chi connectivity index (χ0v) is 13.8. The lowest BCUT2D eigenvalue weighted by molar-refractivity contribution is -0.0906. The molecule has 0 spiro atoms. The SMILES string of the molecule is CC(N1CSCCSC1)C12CC3CC(CC(C3)C1)C2. The second-order valence-electron chi connectivity index (χ2n) is 7.62. The van der Waals surface area contributed by atoms with Crippen molar-refractivity contribution in [2.45, 2.75) is 51.5 Å². The Morgan fingerprint density at radius 1 is 0.895 bits per heavy atom. The Hall–Kier alpha value is 0.660. The van der Waals surface area contributed by atoms with Gasteiger partial charge in [-0.3, -0.25) is 4.90 Å². The fraction of sp³-hybridized carbons (Fsp3) is 1.00. The van der Waals surface area contributed by atoms with Gasteiger partial charge in [-0.15, -0.1) is 23.5 Å². The van der Waals surface area contributed by atoms with E-state index in [9.17, 15) is 0 Å². The lowest BCUT2D eigenvalue weighted by Gasteiger charge is -2.60. The second kappa shape index (κ2) is 5.14. The smallest absolute Gasteiger partial charge is 0.0455 e. The average Bonchev–Trinajstić information content (AvgIpc) is 2.65. The summed E-state index contributed by atoms with van der Waals surface area (Å²) < 4.78 is 0. The van der Waals surface area contributed by atoms with Gasteiger partial charge >= 0.3 is 0 Å². The molecule has 3 heteroatoms. The van der Waals surface area contributed by atoms with Crippen molar-refractivity contribution in [2.24, 2.45) is 23.2 Å². The van der Waals surface area contributed by atoms with Gasteiger partial charge < -0.3 is 0 Å². The maximum Gasteiger partial charge on any atom is 0.0455 e. The Balaban J connectivity index is 1.53. The van der Waals surface area contributed by atoms with Crippen molar-refractivity contribution in [3.05, 3.63) is 0 Å². The maximum absolute atomic E-state index is 2.81. The van der Waals surface area contributed by atoms with Gasteiger partial charge in [0.2, 0.25) is 0 Å². The van der Waals surface area contributed by atoms with Gasteiger partial charge in [0.1, 0.15) is 0 Å². The third kappa shape index (κ3) is 2.38. The molecule has 0 aromatic heterocycles. The Morgan fingerprint density at radius 2 is 1.37 bits per heavy atom. The van der Waals surface area contributed by atoms with Crippen LogP contribution in [0.3, 0.4) is 0 Å². The number of thioether (sulfide) groups is 2. The van der Waals surface area contributed by atoms with Crippen LogP contribution in [0.5, 0.6) is 0 Å². The monoisotopic (exact) mass is 297 g/mol. The van der Waals surface area contributed by atoms with Gasteiger partial charge in [-0.25, -0.2) is 0 Å². The van der Waals surface area contributed by atoms with Crippen LogP contribution in [0.2, 0.25) is 0 Å². The highest BCUT2D eigenvalue weighted by Crippen LogP contribution is 2.62. The molecule has 0 radical (unpaired) electrons. The highest BCUT2D eigenvalue weighted by atomic mass is 32.2. The lowest BCUT2D eigenvalue weighted by Crippen LogP contribution is -2.55. The minimum absolute atomic E-state index is 0.709. The van der Waals surface area contributed by atoms with Crippen LogP contribution in [0.25, 0.3) is 0 Å². The second-order valence-corrected chi connectivity index (χ2v) is 9.77. The first-order valence-electron chi connectivity index (χ1n) is 8.15. The van der Waals surface area contributed by atoms with Gasteiger partial charge in [-0.2, -0.15) is 0 Å². The summed E-state index contributed by atoms with van der Waals surface area (Å²) in [4.78, 5) is 2.81. The molecule has 4 bridgehead atoms. The third-order valence-corrected chi connectivity index (χ3v) is 8.68. The van der Waals surface area contributed by atoms with Crippen LogP contribution >= 0.6 is 23.5 Å². The van der Waals surface area contributed by atoms with Gasteiger partial charge in [0.15, 0.2) is 0 Å². The molecular weight excluding hydrogens is 270 g/mol. The zero-order chi connectivity index (χ0) is 12.9. The highest BCUT2D eigenvalue weighted by Gasteiger charge is 2.54. The van der Waals surface area contributed by atoms with Crippen LogP contribution < -0.4 is 0 Å². The molecule has 4 saturated carbocycles. The van der Waals surface area contributed by atoms with E-state index in [4.69, 9.17) is 0 Å². The van der Waals surface area contributed by atoms with Crippen molar-refractivity contribution in [1.29, 1.82) is 0 Å². The quantitative estimate of drug-likeness (QED) is 0.748. The fourth-order valence-electron chi connectivity index (χ4n) is 5.82. The number of hydrogen-bond acceptors (Lipinski definition) is 3. The zero-order valence-electron chi connectivity index (χ0n) is 12.1. The molecule has 19 heavy (non-hydrogen) atoms. The van der Waals surface area contributed by atoms with E-state index in [-0.39, 0.29) is 0 Å². The summed E-state index contributed by atoms with van der Waals surface area (Å²) in [6.07, 6.45) is 9.42. The molecule has 4 aliphatic carbocycles. The summed E-state index contributed by atoms with van der Waals surface area (Å²) in [7, 11) is 0. The van der Waals surface area contributed by atoms with E-state index in [2.05, 4.69) is 35.3 Å². The first kappa shape index (κ1) is 13.3. The predicted molar refractivity (Wildman–Crippen MR) is 86.6 cm³/mol. The van der Waals surface area contributed by atoms with Crippen molar-refractivity contribution in [3.63, 3.8) is 0 Å². The van der Waals surface area contributed by atoms with Crippen LogP contribution in [-0.2, 0) is 0 Å². The minimum Gasteiger partial charge on any atom is -0.282 e. The van der Waals surface area contributed by atoms with Crippen LogP contribution in [0.15, 0.2) is 0 Å². The van der Waals surface area contributed by atoms with Gasteiger partial charge in [0, 0.05) is 29.3 Å². The van der Waals surface area contributed by atoms with E-state index in [0.717, 1.165) is 23.8 Å². The Labute approximate surface area is 126 Å². The normalized spacial score (nSPS) is 48.2. The molecule has 1 nitrogen and oxygen atoms in total. The Kier molecular flexibility index (Phi) is 3.60. The summed E-state index contributed by atoms with van der Waals surface area (Å²) in [5, 5.41) is 0. The van der Waals surface area contributed by atoms with Gasteiger partial charge in [0.05, 0.1) is 0 Å². The third-order valence-electron chi connectivity index (χ3n) is 6.41. The van der Waals surface area contributed by atoms with Crippen molar-refractivity contribution >= 4 is 23.5 Å². The maximum atomic E-state index is 2.81. The van der Waals surface area contributed by atoms with E-state index in [1.165, 1.54) is 23.3 Å². The molecule has 0 N–H and O–H groups in total. The number of rotatable bonds is 2. The molecule has 0 aromatic carbocycles. The van der Waals surface area contributed by atoms with Gasteiger partial charge in [-0.1, -0.05) is 0 Å². The summed E-state index contributed by atoms with van der Waals surface area (Å²) in [5.41, 5.74) is 0.709. The Bertz CT molecular complexity index is 300. The molecule has 5 aliphatic rings. The summed E-state index contributed by atoms with van der Waals surface area (Å²) in [5.74, 6) is 8.58. The molecule has 1 unspecified atom stereocenters. The first-order chi connectivity index (χ1) is 9.25. The molecule has 0 amide bonds. The molecule has 1 aliphatic heterocycles. The Morgan fingerprint density at radius 3 is 1.84 bits per heavy atom. The molecule has 1 atom stereocenters. The molecule has 0 aromatic rings. The minimum atomic E-state index is 0.709. The van der Waals surface area contributed by atoms with Crippen LogP contribution in [0.1, 0.15) is 45.4 Å². The van der Waals surface area contributed by atoms with E-state index >= 15 is 0 Å². The number of hydrogen-bond donors (Lipinski definition) is 0. The van der Waals surface area contributed by atoms with Crippen molar-refractivity contribution in [2.75, 3.05) is 23.3 Å². The largest absolute Gasteiger partial charge is 0.282 e. The molecule has 5 fully saturated rings. The highest BCUT2D eigenvalue weighted by molar-refractivity contribution is 8.03. The first-order valence-corrected chi connectivity index (χ1v) is 10.5. The van der Waals surface area contributed by atoms with E-state index < -0.39 is 0 Å². The summed E-state index contributed by atoms with van der Waals surface area (Å²) in [6, 6.07) is 0.832. The lowest BCUT2D eigenvalue weighted by atomic mass is 9.48. The van der Waals surface area contributed by atoms with E-state index in [1.807, 2.05) is 0 Å². The molecule has 5 rings (SSSR count). The molecule has 108 valence electrons. The van der Waals surface area contributed by atoms with Crippen molar-refractivity contribution in [3.8, 4) is 0 Å². The van der Waals surface area contributed by atoms with Gasteiger partial charge in [-0.05, 0) is 68.6 Å². The predicted octanol–water partition coefficient (Wildman–Crippen LogP) is 4.29. The molecule has 1 saturated heterocycles. The topological polar surface area (TPSA) is 3.24 Å². The standard InChI is InChI=1S/C16H27NS2/c1-12(17-10-18-2-3-19-11-17)16-7-13-4-14(8-16)6-15(5-13)9-16/h12-15H,2-11H2,1H3. The van der Waals surface area contributed by atoms with Crippen LogP contribution in [0.4, 0.5) is 0 Å². The molecule has 1 heterocycles. The fourth-order valence-corrected chi connectivity index (χ4v) is 8.23. The van der Waals surface area contributed by atoms with Crippen LogP contribution in [0, 0.1) is 23.2 Å². The summed E-state index contributed by atoms with van der Waals surface area (Å²) >= 11 is 4.32. The van der Waals surface area contributed by atoms with Crippen LogP contribution in [-0.4, -0.2) is 34.2 Å². The van der Waals surface area contributed by atoms with Gasteiger partial charge in [0.25, 0.3) is 0 Å². The average molecular weight is 298 g/mol. The summed E-state index contributed by atoms with van der Waals surface area (Å²) in [6.45, 7) is 2.57. The van der Waals surface area contributed by atoms with E-state index in [1.54, 1.807) is 38.5 Å². The number of nitrogens with zero attached hydrogens (tertiary/aromatic N) is 1. The van der Waals surface area contributed by atoms with Crippen molar-refractivity contribution in [1.82, 2.24) is 4.90 Å². The van der Waals surface area contributed by atoms with Crippen molar-refractivity contribution < 1.29 is 0 Å². The molecular formula is C16H27NS2. The van der Waals surface area contributed by atoms with E-state index in [0.29, 0.717) is 5.41 Å².